The van der Waals surface area contributed by atoms with Crippen LogP contribution in [0.2, 0.25) is 0 Å². The summed E-state index contributed by atoms with van der Waals surface area (Å²) in [5, 5.41) is 11.7. The molecule has 86 valence electrons. The van der Waals surface area contributed by atoms with E-state index in [1.807, 2.05) is 18.2 Å². The van der Waals surface area contributed by atoms with Crippen molar-refractivity contribution in [3.63, 3.8) is 0 Å². The highest BCUT2D eigenvalue weighted by Gasteiger charge is 2.23. The van der Waals surface area contributed by atoms with E-state index in [-0.39, 0.29) is 10.8 Å². The van der Waals surface area contributed by atoms with Crippen molar-refractivity contribution in [2.45, 2.75) is 26.1 Å². The monoisotopic (exact) mass is 247 g/mol. The molecule has 1 atom stereocenters. The van der Waals surface area contributed by atoms with Gasteiger partial charge in [-0.05, 0) is 11.5 Å². The Kier molecular flexibility index (Phi) is 4.56. The van der Waals surface area contributed by atoms with Gasteiger partial charge in [0.25, 0.3) is 0 Å². The van der Waals surface area contributed by atoms with E-state index in [0.717, 1.165) is 10.8 Å². The predicted molar refractivity (Wildman–Crippen MR) is 67.3 cm³/mol. The van der Waals surface area contributed by atoms with Crippen molar-refractivity contribution in [3.8, 4) is 0 Å². The van der Waals surface area contributed by atoms with E-state index >= 15 is 0 Å². The minimum atomic E-state index is 0.0971. The third-order valence-corrected chi connectivity index (χ3v) is 4.36. The molecule has 0 saturated carbocycles. The van der Waals surface area contributed by atoms with Gasteiger partial charge < -0.3 is 0 Å². The lowest BCUT2D eigenvalue weighted by atomic mass is 9.93. The second-order valence-corrected chi connectivity index (χ2v) is 6.23. The van der Waals surface area contributed by atoms with Crippen LogP contribution in [0, 0.1) is 5.41 Å². The third-order valence-electron chi connectivity index (χ3n) is 2.22. The second-order valence-electron chi connectivity index (χ2n) is 4.66. The molecule has 0 aromatic rings. The molecule has 1 aliphatic heterocycles. The summed E-state index contributed by atoms with van der Waals surface area (Å²) in [7, 11) is 0. The molecule has 0 saturated heterocycles. The standard InChI is InChI=1S/C11H18ClNOS/c1-11(2,3)9(12)8-15-10-6-4-5-7-13(10)14/h4-6,9,14H,7-8H2,1-3H3. The lowest BCUT2D eigenvalue weighted by molar-refractivity contribution is -0.0350. The number of halogens is 1. The SMILES string of the molecule is CC(C)(C)C(Cl)CSC1=CC=CCN1O. The van der Waals surface area contributed by atoms with Crippen LogP contribution in [-0.2, 0) is 0 Å². The molecule has 4 heteroatoms. The Hall–Kier alpha value is -0.120. The maximum Gasteiger partial charge on any atom is 0.0968 e. The summed E-state index contributed by atoms with van der Waals surface area (Å²) in [6.45, 7) is 6.92. The molecule has 0 radical (unpaired) electrons. The van der Waals surface area contributed by atoms with Crippen molar-refractivity contribution < 1.29 is 5.21 Å². The topological polar surface area (TPSA) is 23.5 Å². The van der Waals surface area contributed by atoms with Gasteiger partial charge in [-0.1, -0.05) is 32.9 Å². The zero-order chi connectivity index (χ0) is 11.5. The third kappa shape index (κ3) is 4.09. The van der Waals surface area contributed by atoms with Crippen molar-refractivity contribution in [1.82, 2.24) is 5.06 Å². The van der Waals surface area contributed by atoms with Gasteiger partial charge in [0, 0.05) is 11.1 Å². The second kappa shape index (κ2) is 5.28. The van der Waals surface area contributed by atoms with Crippen LogP contribution in [0.1, 0.15) is 20.8 Å². The summed E-state index contributed by atoms with van der Waals surface area (Å²) in [4.78, 5) is 0. The molecule has 1 heterocycles. The van der Waals surface area contributed by atoms with Crippen molar-refractivity contribution in [2.75, 3.05) is 12.3 Å². The highest BCUT2D eigenvalue weighted by Crippen LogP contribution is 2.31. The number of nitrogens with zero attached hydrogens (tertiary/aromatic N) is 1. The summed E-state index contributed by atoms with van der Waals surface area (Å²) in [5.41, 5.74) is 0.0971. The first kappa shape index (κ1) is 12.9. The summed E-state index contributed by atoms with van der Waals surface area (Å²) in [5.74, 6) is 0.807. The van der Waals surface area contributed by atoms with Crippen LogP contribution in [0.25, 0.3) is 0 Å². The fourth-order valence-electron chi connectivity index (χ4n) is 1.02. The number of allylic oxidation sites excluding steroid dienone is 2. The van der Waals surface area contributed by atoms with Gasteiger partial charge in [0.15, 0.2) is 0 Å². The Morgan fingerprint density at radius 3 is 2.80 bits per heavy atom. The summed E-state index contributed by atoms with van der Waals surface area (Å²) >= 11 is 7.85. The largest absolute Gasteiger partial charge is 0.288 e. The quantitative estimate of drug-likeness (QED) is 0.773. The van der Waals surface area contributed by atoms with Crippen LogP contribution in [0.5, 0.6) is 0 Å². The van der Waals surface area contributed by atoms with E-state index in [1.54, 1.807) is 11.8 Å². The minimum Gasteiger partial charge on any atom is -0.288 e. The highest BCUT2D eigenvalue weighted by atomic mass is 35.5. The molecule has 0 aromatic carbocycles. The van der Waals surface area contributed by atoms with Gasteiger partial charge in [-0.2, -0.15) is 0 Å². The average Bonchev–Trinajstić information content (AvgIpc) is 2.14. The van der Waals surface area contributed by atoms with E-state index in [2.05, 4.69) is 20.8 Å². The maximum atomic E-state index is 9.53. The normalized spacial score (nSPS) is 19.0. The molecular formula is C11H18ClNOS. The van der Waals surface area contributed by atoms with Crippen molar-refractivity contribution >= 4 is 23.4 Å². The van der Waals surface area contributed by atoms with Gasteiger partial charge in [0.05, 0.1) is 11.6 Å². The molecule has 1 rings (SSSR count). The summed E-state index contributed by atoms with van der Waals surface area (Å²) in [6.07, 6.45) is 5.77. The summed E-state index contributed by atoms with van der Waals surface area (Å²) in [6, 6.07) is 0. The van der Waals surface area contributed by atoms with E-state index < -0.39 is 0 Å². The smallest absolute Gasteiger partial charge is 0.0968 e. The molecule has 0 aromatic heterocycles. The van der Waals surface area contributed by atoms with Crippen LogP contribution in [0.4, 0.5) is 0 Å². The molecule has 15 heavy (non-hydrogen) atoms. The Bertz CT molecular complexity index is 270. The van der Waals surface area contributed by atoms with Gasteiger partial charge in [-0.15, -0.1) is 23.4 Å². The number of alkyl halides is 1. The first-order chi connectivity index (χ1) is 6.91. The fourth-order valence-corrected chi connectivity index (χ4v) is 2.42. The lowest BCUT2D eigenvalue weighted by Gasteiger charge is -2.27. The van der Waals surface area contributed by atoms with Gasteiger partial charge in [-0.3, -0.25) is 5.21 Å². The molecular weight excluding hydrogens is 230 g/mol. The van der Waals surface area contributed by atoms with Gasteiger partial charge >= 0.3 is 0 Å². The molecule has 1 unspecified atom stereocenters. The van der Waals surface area contributed by atoms with Gasteiger partial charge in [0.2, 0.25) is 0 Å². The Balaban J connectivity index is 2.43. The van der Waals surface area contributed by atoms with Crippen molar-refractivity contribution in [2.24, 2.45) is 5.41 Å². The summed E-state index contributed by atoms with van der Waals surface area (Å²) < 4.78 is 0. The van der Waals surface area contributed by atoms with Crippen LogP contribution >= 0.6 is 23.4 Å². The molecule has 0 bridgehead atoms. The number of hydrogen-bond acceptors (Lipinski definition) is 3. The fraction of sp³-hybridized carbons (Fsp3) is 0.636. The molecule has 0 fully saturated rings. The van der Waals surface area contributed by atoms with Gasteiger partial charge in [-0.25, -0.2) is 5.06 Å². The Morgan fingerprint density at radius 2 is 2.27 bits per heavy atom. The average molecular weight is 248 g/mol. The van der Waals surface area contributed by atoms with Crippen LogP contribution < -0.4 is 0 Å². The molecule has 1 aliphatic rings. The van der Waals surface area contributed by atoms with E-state index in [4.69, 9.17) is 11.6 Å². The highest BCUT2D eigenvalue weighted by molar-refractivity contribution is 8.03. The first-order valence-corrected chi connectivity index (χ1v) is 6.43. The van der Waals surface area contributed by atoms with Crippen LogP contribution in [0.15, 0.2) is 23.3 Å². The van der Waals surface area contributed by atoms with E-state index in [9.17, 15) is 5.21 Å². The first-order valence-electron chi connectivity index (χ1n) is 5.01. The molecule has 1 N–H and O–H groups in total. The van der Waals surface area contributed by atoms with E-state index in [0.29, 0.717) is 6.54 Å². The number of hydroxylamine groups is 2. The zero-order valence-corrected chi connectivity index (χ0v) is 11.0. The maximum absolute atomic E-state index is 9.53. The molecule has 2 nitrogen and oxygen atoms in total. The Labute approximate surface area is 101 Å². The molecule has 0 spiro atoms. The predicted octanol–water partition coefficient (Wildman–Crippen LogP) is 3.48. The number of rotatable bonds is 3. The molecule has 0 aliphatic carbocycles. The lowest BCUT2D eigenvalue weighted by Crippen LogP contribution is -2.25. The Morgan fingerprint density at radius 1 is 1.60 bits per heavy atom. The van der Waals surface area contributed by atoms with Crippen molar-refractivity contribution in [3.05, 3.63) is 23.3 Å². The van der Waals surface area contributed by atoms with Crippen LogP contribution in [0.3, 0.4) is 0 Å². The van der Waals surface area contributed by atoms with Crippen molar-refractivity contribution in [1.29, 1.82) is 0 Å². The van der Waals surface area contributed by atoms with E-state index in [1.165, 1.54) is 5.06 Å². The number of hydrogen-bond donors (Lipinski definition) is 1. The number of thioether (sulfide) groups is 1. The minimum absolute atomic E-state index is 0.0971. The molecule has 0 amide bonds. The van der Waals surface area contributed by atoms with Gasteiger partial charge in [0.1, 0.15) is 0 Å². The van der Waals surface area contributed by atoms with Crippen LogP contribution in [-0.4, -0.2) is 27.9 Å². The zero-order valence-electron chi connectivity index (χ0n) is 9.40.